The molecule has 2 aliphatic rings. The van der Waals surface area contributed by atoms with Gasteiger partial charge in [0, 0.05) is 37.2 Å². The molecule has 0 bridgehead atoms. The van der Waals surface area contributed by atoms with Crippen LogP contribution in [0, 0.1) is 12.8 Å². The first-order chi connectivity index (χ1) is 10.7. The fraction of sp³-hybridized carbons (Fsp3) is 0.562. The van der Waals surface area contributed by atoms with E-state index in [-0.39, 0.29) is 18.4 Å². The smallest absolute Gasteiger partial charge is 0.259 e. The third-order valence-corrected chi connectivity index (χ3v) is 4.69. The van der Waals surface area contributed by atoms with Gasteiger partial charge in [0.25, 0.3) is 11.6 Å². The molecular formula is C16H19N3O3. The van der Waals surface area contributed by atoms with E-state index in [2.05, 4.69) is 10.1 Å². The average molecular weight is 301 g/mol. The van der Waals surface area contributed by atoms with Gasteiger partial charge in [0.15, 0.2) is 0 Å². The molecule has 2 aromatic heterocycles. The molecule has 1 aliphatic heterocycles. The van der Waals surface area contributed by atoms with Crippen LogP contribution in [0.25, 0.3) is 11.1 Å². The molecule has 1 aliphatic carbocycles. The Kier molecular flexibility index (Phi) is 3.14. The molecule has 4 rings (SSSR count). The summed E-state index contributed by atoms with van der Waals surface area (Å²) in [6.07, 6.45) is 3.10. The van der Waals surface area contributed by atoms with Crippen molar-refractivity contribution in [3.05, 3.63) is 23.0 Å². The maximum atomic E-state index is 12.9. The van der Waals surface area contributed by atoms with Crippen molar-refractivity contribution in [3.8, 4) is 0 Å². The van der Waals surface area contributed by atoms with Crippen molar-refractivity contribution < 1.29 is 14.4 Å². The second-order valence-electron chi connectivity index (χ2n) is 6.41. The van der Waals surface area contributed by atoms with Crippen molar-refractivity contribution in [2.24, 2.45) is 5.92 Å². The maximum absolute atomic E-state index is 12.9. The summed E-state index contributed by atoms with van der Waals surface area (Å²) >= 11 is 0. The van der Waals surface area contributed by atoms with Gasteiger partial charge in [0.05, 0.1) is 16.6 Å². The predicted molar refractivity (Wildman–Crippen MR) is 79.6 cm³/mol. The van der Waals surface area contributed by atoms with E-state index >= 15 is 0 Å². The molecule has 2 aromatic rings. The third-order valence-electron chi connectivity index (χ3n) is 4.69. The number of hydrogen-bond acceptors (Lipinski definition) is 5. The van der Waals surface area contributed by atoms with Gasteiger partial charge in [-0.05, 0) is 32.3 Å². The molecule has 0 aromatic carbocycles. The number of pyridine rings is 1. The molecular weight excluding hydrogens is 282 g/mol. The maximum Gasteiger partial charge on any atom is 0.259 e. The Bertz CT molecular complexity index is 736. The third kappa shape index (κ3) is 2.18. The molecule has 1 N–H and O–H groups in total. The number of nitrogens with zero attached hydrogens (tertiary/aromatic N) is 3. The Morgan fingerprint density at radius 3 is 2.95 bits per heavy atom. The van der Waals surface area contributed by atoms with Crippen molar-refractivity contribution in [1.82, 2.24) is 15.0 Å². The minimum Gasteiger partial charge on any atom is -0.396 e. The number of hydrogen-bond donors (Lipinski definition) is 1. The van der Waals surface area contributed by atoms with Crippen LogP contribution in [-0.2, 0) is 0 Å². The fourth-order valence-electron chi connectivity index (χ4n) is 3.21. The van der Waals surface area contributed by atoms with Crippen molar-refractivity contribution in [2.75, 3.05) is 19.7 Å². The molecule has 22 heavy (non-hydrogen) atoms. The lowest BCUT2D eigenvalue weighted by atomic mass is 10.1. The minimum absolute atomic E-state index is 0.00319. The number of likely N-dealkylation sites (tertiary alicyclic amines) is 1. The molecule has 116 valence electrons. The Morgan fingerprint density at radius 2 is 2.27 bits per heavy atom. The van der Waals surface area contributed by atoms with E-state index in [0.29, 0.717) is 36.0 Å². The average Bonchev–Trinajstić information content (AvgIpc) is 3.16. The number of aliphatic hydroxyl groups is 1. The SMILES string of the molecule is Cc1noc2nc(C3CC3)cc(C(=O)N3CCC(CO)C3)c12. The van der Waals surface area contributed by atoms with Crippen LogP contribution in [0.4, 0.5) is 0 Å². The van der Waals surface area contributed by atoms with Crippen LogP contribution >= 0.6 is 0 Å². The number of rotatable bonds is 3. The van der Waals surface area contributed by atoms with Crippen molar-refractivity contribution >= 4 is 17.0 Å². The summed E-state index contributed by atoms with van der Waals surface area (Å²) in [5.74, 6) is 0.634. The van der Waals surface area contributed by atoms with E-state index in [4.69, 9.17) is 4.52 Å². The van der Waals surface area contributed by atoms with Gasteiger partial charge in [-0.25, -0.2) is 4.98 Å². The van der Waals surface area contributed by atoms with E-state index in [1.54, 1.807) is 0 Å². The van der Waals surface area contributed by atoms with Gasteiger partial charge in [0.2, 0.25) is 0 Å². The van der Waals surface area contributed by atoms with Crippen molar-refractivity contribution in [1.29, 1.82) is 0 Å². The van der Waals surface area contributed by atoms with Gasteiger partial charge in [-0.2, -0.15) is 0 Å². The first-order valence-corrected chi connectivity index (χ1v) is 7.84. The van der Waals surface area contributed by atoms with E-state index in [1.807, 2.05) is 17.9 Å². The van der Waals surface area contributed by atoms with Gasteiger partial charge in [-0.15, -0.1) is 0 Å². The predicted octanol–water partition coefficient (Wildman–Crippen LogP) is 1.86. The molecule has 0 spiro atoms. The summed E-state index contributed by atoms with van der Waals surface area (Å²) < 4.78 is 5.29. The van der Waals surface area contributed by atoms with E-state index < -0.39 is 0 Å². The van der Waals surface area contributed by atoms with Crippen molar-refractivity contribution in [3.63, 3.8) is 0 Å². The standard InChI is InChI=1S/C16H19N3O3/c1-9-14-12(16(21)19-5-4-10(7-19)8-20)6-13(11-2-3-11)17-15(14)22-18-9/h6,10-11,20H,2-5,7-8H2,1H3. The first kappa shape index (κ1) is 13.7. The number of carbonyl (C=O) groups is 1. The van der Waals surface area contributed by atoms with Crippen LogP contribution in [0.3, 0.4) is 0 Å². The molecule has 2 fully saturated rings. The molecule has 6 nitrogen and oxygen atoms in total. The molecule has 0 radical (unpaired) electrons. The lowest BCUT2D eigenvalue weighted by molar-refractivity contribution is 0.0783. The highest BCUT2D eigenvalue weighted by Crippen LogP contribution is 2.40. The largest absolute Gasteiger partial charge is 0.396 e. The highest BCUT2D eigenvalue weighted by molar-refractivity contribution is 6.06. The van der Waals surface area contributed by atoms with E-state index in [9.17, 15) is 9.90 Å². The molecule has 1 unspecified atom stereocenters. The van der Waals surface area contributed by atoms with Crippen LogP contribution in [0.15, 0.2) is 10.6 Å². The van der Waals surface area contributed by atoms with E-state index in [1.165, 1.54) is 0 Å². The van der Waals surface area contributed by atoms with Gasteiger partial charge in [-0.1, -0.05) is 5.16 Å². The molecule has 1 saturated carbocycles. The number of aryl methyl sites for hydroxylation is 1. The minimum atomic E-state index is -0.00319. The normalized spacial score (nSPS) is 21.7. The zero-order valence-electron chi connectivity index (χ0n) is 12.6. The zero-order chi connectivity index (χ0) is 15.3. The lowest BCUT2D eigenvalue weighted by Crippen LogP contribution is -2.29. The fourth-order valence-corrected chi connectivity index (χ4v) is 3.21. The quantitative estimate of drug-likeness (QED) is 0.936. The second kappa shape index (κ2) is 5.05. The molecule has 1 amide bonds. The van der Waals surface area contributed by atoms with Crippen LogP contribution in [-0.4, -0.2) is 45.8 Å². The first-order valence-electron chi connectivity index (χ1n) is 7.84. The summed E-state index contributed by atoms with van der Waals surface area (Å²) in [6.45, 7) is 3.27. The Labute approximate surface area is 128 Å². The monoisotopic (exact) mass is 301 g/mol. The lowest BCUT2D eigenvalue weighted by Gasteiger charge is -2.17. The summed E-state index contributed by atoms with van der Waals surface area (Å²) in [6, 6.07) is 1.92. The Balaban J connectivity index is 1.76. The summed E-state index contributed by atoms with van der Waals surface area (Å²) in [7, 11) is 0. The summed E-state index contributed by atoms with van der Waals surface area (Å²) in [4.78, 5) is 19.3. The number of carbonyl (C=O) groups excluding carboxylic acids is 1. The Morgan fingerprint density at radius 1 is 1.45 bits per heavy atom. The van der Waals surface area contributed by atoms with Crippen LogP contribution in [0.5, 0.6) is 0 Å². The van der Waals surface area contributed by atoms with Gasteiger partial charge >= 0.3 is 0 Å². The topological polar surface area (TPSA) is 79.5 Å². The van der Waals surface area contributed by atoms with Crippen LogP contribution in [0.2, 0.25) is 0 Å². The van der Waals surface area contributed by atoms with Gasteiger partial charge in [0.1, 0.15) is 0 Å². The Hall–Kier alpha value is -1.95. The highest BCUT2D eigenvalue weighted by Gasteiger charge is 2.32. The number of aromatic nitrogens is 2. The number of amides is 1. The molecule has 1 atom stereocenters. The highest BCUT2D eigenvalue weighted by atomic mass is 16.5. The summed E-state index contributed by atoms with van der Waals surface area (Å²) in [5.41, 5.74) is 2.74. The van der Waals surface area contributed by atoms with Gasteiger partial charge < -0.3 is 14.5 Å². The van der Waals surface area contributed by atoms with Crippen molar-refractivity contribution in [2.45, 2.75) is 32.1 Å². The summed E-state index contributed by atoms with van der Waals surface area (Å²) in [5, 5.41) is 14.0. The number of aliphatic hydroxyl groups excluding tert-OH is 1. The second-order valence-corrected chi connectivity index (χ2v) is 6.41. The van der Waals surface area contributed by atoms with E-state index in [0.717, 1.165) is 30.3 Å². The zero-order valence-corrected chi connectivity index (χ0v) is 12.6. The molecule has 1 saturated heterocycles. The molecule has 6 heteroatoms. The molecule has 3 heterocycles. The van der Waals surface area contributed by atoms with Gasteiger partial charge in [-0.3, -0.25) is 4.79 Å². The van der Waals surface area contributed by atoms with Crippen LogP contribution in [0.1, 0.15) is 46.9 Å². The number of fused-ring (bicyclic) bond motifs is 1. The van der Waals surface area contributed by atoms with Crippen LogP contribution < -0.4 is 0 Å².